The molecule has 2 bridgehead atoms. The first-order chi connectivity index (χ1) is 8.52. The van der Waals surface area contributed by atoms with Crippen LogP contribution in [-0.2, 0) is 9.31 Å². The zero-order valence-corrected chi connectivity index (χ0v) is 13.0. The van der Waals surface area contributed by atoms with Crippen LogP contribution in [-0.4, -0.2) is 31.3 Å². The van der Waals surface area contributed by atoms with Gasteiger partial charge in [0.15, 0.2) is 0 Å². The van der Waals surface area contributed by atoms with Gasteiger partial charge in [0.2, 0.25) is 0 Å². The molecular formula is C14H25BClNO2. The predicted octanol–water partition coefficient (Wildman–Crippen LogP) is 2.43. The van der Waals surface area contributed by atoms with E-state index in [1.54, 1.807) is 0 Å². The number of hydrogen-bond acceptors (Lipinski definition) is 3. The van der Waals surface area contributed by atoms with Crippen molar-refractivity contribution in [2.45, 2.75) is 64.1 Å². The molecule has 3 saturated carbocycles. The third kappa shape index (κ3) is 1.76. The van der Waals surface area contributed by atoms with Gasteiger partial charge in [-0.15, -0.1) is 12.4 Å². The lowest BCUT2D eigenvalue weighted by Crippen LogP contribution is -2.65. The van der Waals surface area contributed by atoms with Gasteiger partial charge in [-0.1, -0.05) is 13.8 Å². The van der Waals surface area contributed by atoms with Gasteiger partial charge in [0, 0.05) is 5.94 Å². The van der Waals surface area contributed by atoms with Crippen LogP contribution in [0.15, 0.2) is 0 Å². The van der Waals surface area contributed by atoms with E-state index in [4.69, 9.17) is 9.31 Å². The first-order valence-corrected chi connectivity index (χ1v) is 7.58. The Morgan fingerprint density at radius 2 is 2.00 bits per heavy atom. The molecule has 5 aliphatic rings. The summed E-state index contributed by atoms with van der Waals surface area (Å²) < 4.78 is 12.7. The summed E-state index contributed by atoms with van der Waals surface area (Å²) in [5.41, 5.74) is 0.416. The van der Waals surface area contributed by atoms with Gasteiger partial charge in [0.25, 0.3) is 0 Å². The summed E-state index contributed by atoms with van der Waals surface area (Å²) in [6.07, 6.45) is 5.33. The topological polar surface area (TPSA) is 30.5 Å². The fourth-order valence-electron chi connectivity index (χ4n) is 5.01. The summed E-state index contributed by atoms with van der Waals surface area (Å²) in [5, 5.41) is 3.52. The van der Waals surface area contributed by atoms with E-state index in [1.807, 2.05) is 0 Å². The number of halogens is 1. The fourth-order valence-corrected chi connectivity index (χ4v) is 5.01. The third-order valence-corrected chi connectivity index (χ3v) is 6.40. The first-order valence-electron chi connectivity index (χ1n) is 7.58. The van der Waals surface area contributed by atoms with Crippen molar-refractivity contribution in [3.05, 3.63) is 0 Å². The normalized spacial score (nSPS) is 50.4. The van der Waals surface area contributed by atoms with Crippen molar-refractivity contribution in [1.82, 2.24) is 5.32 Å². The van der Waals surface area contributed by atoms with Crippen LogP contribution in [0.1, 0.15) is 46.5 Å². The van der Waals surface area contributed by atoms with E-state index < -0.39 is 0 Å². The van der Waals surface area contributed by atoms with Crippen molar-refractivity contribution in [3.63, 3.8) is 0 Å². The van der Waals surface area contributed by atoms with E-state index in [2.05, 4.69) is 26.1 Å². The van der Waals surface area contributed by atoms with Crippen molar-refractivity contribution >= 4 is 19.5 Å². The molecule has 0 radical (unpaired) electrons. The van der Waals surface area contributed by atoms with Gasteiger partial charge < -0.3 is 14.6 Å². The molecule has 0 aromatic heterocycles. The second-order valence-corrected chi connectivity index (χ2v) is 7.54. The Bertz CT molecular complexity index is 374. The molecule has 3 aliphatic carbocycles. The summed E-state index contributed by atoms with van der Waals surface area (Å²) in [5.74, 6) is 1.95. The molecule has 19 heavy (non-hydrogen) atoms. The van der Waals surface area contributed by atoms with Crippen LogP contribution in [0.5, 0.6) is 0 Å². The highest BCUT2D eigenvalue weighted by molar-refractivity contribution is 6.47. The van der Waals surface area contributed by atoms with Crippen molar-refractivity contribution in [1.29, 1.82) is 0 Å². The van der Waals surface area contributed by atoms with Crippen molar-refractivity contribution < 1.29 is 9.31 Å². The maximum absolute atomic E-state index is 6.44. The fraction of sp³-hybridized carbons (Fsp3) is 1.00. The Morgan fingerprint density at radius 3 is 2.63 bits per heavy atom. The average Bonchev–Trinajstić information content (AvgIpc) is 2.92. The Kier molecular flexibility index (Phi) is 3.26. The van der Waals surface area contributed by atoms with E-state index in [0.717, 1.165) is 12.5 Å². The molecule has 1 N–H and O–H groups in total. The highest BCUT2D eigenvalue weighted by atomic mass is 35.5. The summed E-state index contributed by atoms with van der Waals surface area (Å²) in [7, 11) is -0.00218. The second-order valence-electron chi connectivity index (χ2n) is 7.54. The van der Waals surface area contributed by atoms with Crippen LogP contribution in [0.25, 0.3) is 0 Å². The molecule has 2 aliphatic heterocycles. The molecule has 0 aromatic carbocycles. The van der Waals surface area contributed by atoms with Crippen LogP contribution in [0.2, 0.25) is 0 Å². The van der Waals surface area contributed by atoms with E-state index in [9.17, 15) is 0 Å². The molecule has 0 aromatic rings. The standard InChI is InChI=1S/C14H24BNO2.ClH/c1-13(2)9-7-10(13)14(3)11(8-9)17-15(18-14)12-5-4-6-16-12;/h9-12,16H,4-8H2,1-3H3;1H/t9-,10+,11+,12-,14-;/m1./s1. The third-order valence-electron chi connectivity index (χ3n) is 6.40. The molecule has 5 heteroatoms. The SMILES string of the molecule is CC1(C)[C@H]2C[C@@H]3OB([C@H]4CCCN4)O[C@]3(C)[C@H]1C2.Cl. The average molecular weight is 286 g/mol. The van der Waals surface area contributed by atoms with E-state index in [-0.39, 0.29) is 25.1 Å². The number of rotatable bonds is 1. The lowest BCUT2D eigenvalue weighted by atomic mass is 9.43. The van der Waals surface area contributed by atoms with Crippen LogP contribution in [0, 0.1) is 17.3 Å². The zero-order valence-electron chi connectivity index (χ0n) is 12.1. The van der Waals surface area contributed by atoms with Gasteiger partial charge in [0.05, 0.1) is 11.7 Å². The second kappa shape index (κ2) is 4.36. The number of nitrogens with one attached hydrogen (secondary N) is 1. The minimum absolute atomic E-state index is 0. The Morgan fingerprint density at radius 1 is 1.21 bits per heavy atom. The molecule has 2 heterocycles. The van der Waals surface area contributed by atoms with E-state index in [1.165, 1.54) is 25.7 Å². The highest BCUT2D eigenvalue weighted by Crippen LogP contribution is 2.65. The van der Waals surface area contributed by atoms with E-state index in [0.29, 0.717) is 23.4 Å². The predicted molar refractivity (Wildman–Crippen MR) is 78.4 cm³/mol. The van der Waals surface area contributed by atoms with Gasteiger partial charge in [-0.05, 0) is 56.4 Å². The first kappa shape index (κ1) is 14.2. The molecule has 3 nitrogen and oxygen atoms in total. The number of hydrogen-bond donors (Lipinski definition) is 1. The molecule has 5 rings (SSSR count). The molecule has 5 atom stereocenters. The summed E-state index contributed by atoms with van der Waals surface area (Å²) in [6, 6.07) is 0. The molecule has 0 spiro atoms. The monoisotopic (exact) mass is 285 g/mol. The van der Waals surface area contributed by atoms with Gasteiger partial charge in [-0.25, -0.2) is 0 Å². The molecule has 108 valence electrons. The summed E-state index contributed by atoms with van der Waals surface area (Å²) >= 11 is 0. The minimum atomic E-state index is -0.0345. The van der Waals surface area contributed by atoms with Crippen LogP contribution in [0.3, 0.4) is 0 Å². The summed E-state index contributed by atoms with van der Waals surface area (Å²) in [6.45, 7) is 8.25. The van der Waals surface area contributed by atoms with Crippen LogP contribution >= 0.6 is 12.4 Å². The van der Waals surface area contributed by atoms with Gasteiger partial charge in [0.1, 0.15) is 0 Å². The van der Waals surface area contributed by atoms with Gasteiger partial charge >= 0.3 is 7.12 Å². The smallest absolute Gasteiger partial charge is 0.404 e. The lowest BCUT2D eigenvalue weighted by molar-refractivity contribution is -0.199. The quantitative estimate of drug-likeness (QED) is 0.751. The molecule has 0 unspecified atom stereocenters. The summed E-state index contributed by atoms with van der Waals surface area (Å²) in [4.78, 5) is 0. The largest absolute Gasteiger partial charge is 0.475 e. The van der Waals surface area contributed by atoms with Crippen LogP contribution in [0.4, 0.5) is 0 Å². The molecule has 2 saturated heterocycles. The zero-order chi connectivity index (χ0) is 12.5. The van der Waals surface area contributed by atoms with Gasteiger partial charge in [-0.3, -0.25) is 0 Å². The van der Waals surface area contributed by atoms with Crippen molar-refractivity contribution in [3.8, 4) is 0 Å². The Balaban J connectivity index is 0.00000110. The minimum Gasteiger partial charge on any atom is -0.404 e. The maximum Gasteiger partial charge on any atom is 0.475 e. The molecule has 5 fully saturated rings. The lowest BCUT2D eigenvalue weighted by Gasteiger charge is -2.64. The highest BCUT2D eigenvalue weighted by Gasteiger charge is 2.68. The van der Waals surface area contributed by atoms with Crippen molar-refractivity contribution in [2.24, 2.45) is 17.3 Å². The van der Waals surface area contributed by atoms with Gasteiger partial charge in [-0.2, -0.15) is 0 Å². The Hall–Kier alpha value is 0.235. The van der Waals surface area contributed by atoms with Crippen molar-refractivity contribution in [2.75, 3.05) is 6.54 Å². The molecule has 0 amide bonds. The van der Waals surface area contributed by atoms with Crippen LogP contribution < -0.4 is 5.32 Å². The maximum atomic E-state index is 6.44. The Labute approximate surface area is 122 Å². The molecular weight excluding hydrogens is 260 g/mol. The van der Waals surface area contributed by atoms with E-state index >= 15 is 0 Å².